The first-order valence-electron chi connectivity index (χ1n) is 8.61. The summed E-state index contributed by atoms with van der Waals surface area (Å²) < 4.78 is 3.35. The number of rotatable bonds is 4. The Bertz CT molecular complexity index is 1190. The van der Waals surface area contributed by atoms with Crippen LogP contribution in [0.15, 0.2) is 41.3 Å². The number of hydrogen-bond donors (Lipinski definition) is 0. The van der Waals surface area contributed by atoms with Crippen molar-refractivity contribution in [1.82, 2.24) is 29.3 Å². The molecule has 0 aliphatic carbocycles. The Morgan fingerprint density at radius 1 is 1.11 bits per heavy atom. The van der Waals surface area contributed by atoms with Crippen LogP contribution in [0, 0.1) is 6.92 Å². The lowest BCUT2D eigenvalue weighted by Gasteiger charge is -2.11. The lowest BCUT2D eigenvalue weighted by molar-refractivity contribution is 0.381. The first-order chi connectivity index (χ1) is 13.0. The van der Waals surface area contributed by atoms with Crippen LogP contribution in [0.2, 0.25) is 5.02 Å². The smallest absolute Gasteiger partial charge is 0.280 e. The summed E-state index contributed by atoms with van der Waals surface area (Å²) in [6.07, 6.45) is 1.79. The summed E-state index contributed by atoms with van der Waals surface area (Å²) in [7, 11) is 3.94. The molecule has 4 rings (SSSR count). The monoisotopic (exact) mass is 382 g/mol. The van der Waals surface area contributed by atoms with E-state index in [1.807, 2.05) is 56.3 Å². The van der Waals surface area contributed by atoms with E-state index in [2.05, 4.69) is 15.3 Å². The van der Waals surface area contributed by atoms with Gasteiger partial charge in [-0.2, -0.15) is 5.10 Å². The Morgan fingerprint density at radius 3 is 2.56 bits per heavy atom. The first kappa shape index (κ1) is 17.6. The Morgan fingerprint density at radius 2 is 1.85 bits per heavy atom. The summed E-state index contributed by atoms with van der Waals surface area (Å²) in [6, 6.07) is 9.39. The van der Waals surface area contributed by atoms with E-state index in [1.54, 1.807) is 15.3 Å². The van der Waals surface area contributed by atoms with Crippen LogP contribution in [0.3, 0.4) is 0 Å². The molecular formula is C19H19ClN6O. The third-order valence-electron chi connectivity index (χ3n) is 4.55. The Labute approximate surface area is 160 Å². The SMILES string of the molecule is Cc1nn2c(nnc3c(=O)n(CCN(C)C)ccc32)c1-c1ccc(Cl)cc1. The van der Waals surface area contributed by atoms with Gasteiger partial charge in [-0.15, -0.1) is 10.2 Å². The van der Waals surface area contributed by atoms with Gasteiger partial charge in [-0.3, -0.25) is 4.79 Å². The molecule has 7 nitrogen and oxygen atoms in total. The van der Waals surface area contributed by atoms with Crippen molar-refractivity contribution in [3.05, 3.63) is 57.6 Å². The standard InChI is InChI=1S/C19H19ClN6O/c1-12-16(13-4-6-14(20)7-5-13)18-22-21-17-15(26(18)23-12)8-9-25(19(17)27)11-10-24(2)3/h4-9H,10-11H2,1-3H3. The Hall–Kier alpha value is -2.77. The molecule has 1 aromatic carbocycles. The summed E-state index contributed by atoms with van der Waals surface area (Å²) in [4.78, 5) is 14.8. The van der Waals surface area contributed by atoms with Gasteiger partial charge in [0.15, 0.2) is 11.2 Å². The predicted octanol–water partition coefficient (Wildman–Crippen LogP) is 2.63. The molecule has 0 unspecified atom stereocenters. The summed E-state index contributed by atoms with van der Waals surface area (Å²) >= 11 is 6.00. The van der Waals surface area contributed by atoms with Crippen LogP contribution in [0.1, 0.15) is 5.69 Å². The van der Waals surface area contributed by atoms with E-state index in [0.717, 1.165) is 23.4 Å². The van der Waals surface area contributed by atoms with Crippen molar-refractivity contribution >= 4 is 28.3 Å². The van der Waals surface area contributed by atoms with E-state index in [9.17, 15) is 4.79 Å². The minimum atomic E-state index is -0.162. The molecule has 0 atom stereocenters. The number of benzene rings is 1. The van der Waals surface area contributed by atoms with Crippen molar-refractivity contribution in [3.8, 4) is 11.1 Å². The normalized spacial score (nSPS) is 11.7. The molecule has 0 fully saturated rings. The number of likely N-dealkylation sites (N-methyl/N-ethyl adjacent to an activating group) is 1. The van der Waals surface area contributed by atoms with Gasteiger partial charge in [-0.25, -0.2) is 4.52 Å². The van der Waals surface area contributed by atoms with Crippen LogP contribution >= 0.6 is 11.6 Å². The molecule has 0 aliphatic heterocycles. The lowest BCUT2D eigenvalue weighted by atomic mass is 10.1. The van der Waals surface area contributed by atoms with E-state index in [0.29, 0.717) is 28.2 Å². The molecule has 0 radical (unpaired) electrons. The number of aromatic nitrogens is 5. The third kappa shape index (κ3) is 3.09. The van der Waals surface area contributed by atoms with Gasteiger partial charge in [0.25, 0.3) is 5.56 Å². The van der Waals surface area contributed by atoms with E-state index < -0.39 is 0 Å². The summed E-state index contributed by atoms with van der Waals surface area (Å²) in [5.41, 5.74) is 4.08. The van der Waals surface area contributed by atoms with Crippen molar-refractivity contribution in [2.24, 2.45) is 0 Å². The van der Waals surface area contributed by atoms with Crippen molar-refractivity contribution < 1.29 is 0 Å². The molecule has 4 aromatic rings. The molecule has 0 N–H and O–H groups in total. The summed E-state index contributed by atoms with van der Waals surface area (Å²) in [5, 5.41) is 13.8. The van der Waals surface area contributed by atoms with Crippen LogP contribution in [-0.4, -0.2) is 49.9 Å². The highest BCUT2D eigenvalue weighted by molar-refractivity contribution is 6.30. The van der Waals surface area contributed by atoms with Gasteiger partial charge in [0, 0.05) is 24.3 Å². The molecular weight excluding hydrogens is 364 g/mol. The topological polar surface area (TPSA) is 68.3 Å². The van der Waals surface area contributed by atoms with Crippen LogP contribution in [0.25, 0.3) is 27.8 Å². The van der Waals surface area contributed by atoms with E-state index in [1.165, 1.54) is 0 Å². The summed E-state index contributed by atoms with van der Waals surface area (Å²) in [5.74, 6) is 0. The second-order valence-corrected chi connectivity index (χ2v) is 7.19. The van der Waals surface area contributed by atoms with E-state index in [4.69, 9.17) is 11.6 Å². The second kappa shape index (κ2) is 6.75. The van der Waals surface area contributed by atoms with Crippen molar-refractivity contribution in [2.75, 3.05) is 20.6 Å². The lowest BCUT2D eigenvalue weighted by Crippen LogP contribution is -2.27. The van der Waals surface area contributed by atoms with Gasteiger partial charge < -0.3 is 9.47 Å². The molecule has 0 saturated heterocycles. The van der Waals surface area contributed by atoms with Crippen molar-refractivity contribution in [3.63, 3.8) is 0 Å². The van der Waals surface area contributed by atoms with Gasteiger partial charge in [-0.1, -0.05) is 23.7 Å². The molecule has 0 amide bonds. The highest BCUT2D eigenvalue weighted by Gasteiger charge is 2.17. The van der Waals surface area contributed by atoms with Gasteiger partial charge >= 0.3 is 0 Å². The Kier molecular flexibility index (Phi) is 4.41. The van der Waals surface area contributed by atoms with Crippen molar-refractivity contribution in [2.45, 2.75) is 13.5 Å². The van der Waals surface area contributed by atoms with Gasteiger partial charge in [-0.05, 0) is 44.8 Å². The average molecular weight is 383 g/mol. The maximum atomic E-state index is 12.8. The summed E-state index contributed by atoms with van der Waals surface area (Å²) in [6.45, 7) is 3.28. The number of hydrogen-bond acceptors (Lipinski definition) is 5. The number of fused-ring (bicyclic) bond motifs is 3. The molecule has 0 aliphatic rings. The second-order valence-electron chi connectivity index (χ2n) is 6.75. The maximum absolute atomic E-state index is 12.8. The fraction of sp³-hybridized carbons (Fsp3) is 0.263. The molecule has 3 heterocycles. The minimum absolute atomic E-state index is 0.162. The fourth-order valence-corrected chi connectivity index (χ4v) is 3.25. The fourth-order valence-electron chi connectivity index (χ4n) is 3.13. The third-order valence-corrected chi connectivity index (χ3v) is 4.80. The van der Waals surface area contributed by atoms with Crippen LogP contribution in [0.4, 0.5) is 0 Å². The predicted molar refractivity (Wildman–Crippen MR) is 106 cm³/mol. The van der Waals surface area contributed by atoms with E-state index >= 15 is 0 Å². The maximum Gasteiger partial charge on any atom is 0.280 e. The Balaban J connectivity index is 1.90. The van der Waals surface area contributed by atoms with Crippen LogP contribution < -0.4 is 5.56 Å². The highest BCUT2D eigenvalue weighted by Crippen LogP contribution is 2.28. The largest absolute Gasteiger partial charge is 0.312 e. The van der Waals surface area contributed by atoms with Crippen molar-refractivity contribution in [1.29, 1.82) is 0 Å². The van der Waals surface area contributed by atoms with Gasteiger partial charge in [0.1, 0.15) is 5.52 Å². The zero-order valence-corrected chi connectivity index (χ0v) is 16.1. The minimum Gasteiger partial charge on any atom is -0.312 e. The molecule has 8 heteroatoms. The molecule has 138 valence electrons. The van der Waals surface area contributed by atoms with Gasteiger partial charge in [0.2, 0.25) is 0 Å². The molecule has 0 saturated carbocycles. The molecule has 0 spiro atoms. The van der Waals surface area contributed by atoms with E-state index in [-0.39, 0.29) is 5.56 Å². The first-order valence-corrected chi connectivity index (χ1v) is 8.99. The quantitative estimate of drug-likeness (QED) is 0.542. The number of aryl methyl sites for hydroxylation is 1. The molecule has 27 heavy (non-hydrogen) atoms. The average Bonchev–Trinajstić information content (AvgIpc) is 2.98. The van der Waals surface area contributed by atoms with Crippen LogP contribution in [0.5, 0.6) is 0 Å². The number of halogens is 1. The number of nitrogens with zero attached hydrogens (tertiary/aromatic N) is 6. The molecule has 3 aromatic heterocycles. The highest BCUT2D eigenvalue weighted by atomic mass is 35.5. The number of pyridine rings is 1. The molecule has 0 bridgehead atoms. The zero-order chi connectivity index (χ0) is 19.1. The van der Waals surface area contributed by atoms with Crippen LogP contribution in [-0.2, 0) is 6.54 Å². The zero-order valence-electron chi connectivity index (χ0n) is 15.3. The van der Waals surface area contributed by atoms with Gasteiger partial charge in [0.05, 0.1) is 11.3 Å².